The van der Waals surface area contributed by atoms with Crippen molar-refractivity contribution in [2.45, 2.75) is 65.1 Å². The zero-order valence-corrected chi connectivity index (χ0v) is 14.5. The molecule has 1 rings (SSSR count). The summed E-state index contributed by atoms with van der Waals surface area (Å²) in [4.78, 5) is 12.0. The van der Waals surface area contributed by atoms with Gasteiger partial charge in [-0.05, 0) is 39.7 Å². The van der Waals surface area contributed by atoms with Crippen LogP contribution in [0.3, 0.4) is 0 Å². The minimum atomic E-state index is -0.478. The van der Waals surface area contributed by atoms with Crippen LogP contribution < -0.4 is 10.6 Å². The average Bonchev–Trinajstić information content (AvgIpc) is 2.37. The van der Waals surface area contributed by atoms with Crippen LogP contribution in [0.5, 0.6) is 0 Å². The number of amides is 1. The third kappa shape index (κ3) is 7.46. The summed E-state index contributed by atoms with van der Waals surface area (Å²) < 4.78 is 5.37. The molecule has 1 amide bonds. The van der Waals surface area contributed by atoms with Crippen molar-refractivity contribution in [2.24, 2.45) is 0 Å². The van der Waals surface area contributed by atoms with Crippen LogP contribution in [0.4, 0.5) is 4.79 Å². The van der Waals surface area contributed by atoms with Crippen molar-refractivity contribution < 1.29 is 9.53 Å². The molecule has 0 bridgehead atoms. The number of carbonyl (C=O) groups excluding carboxylic acids is 1. The summed E-state index contributed by atoms with van der Waals surface area (Å²) in [6.07, 6.45) is 1.54. The van der Waals surface area contributed by atoms with E-state index in [0.717, 1.165) is 19.4 Å². The first-order chi connectivity index (χ1) is 10.2. The molecule has 4 heteroatoms. The lowest BCUT2D eigenvalue weighted by atomic mass is 9.96. The topological polar surface area (TPSA) is 50.4 Å². The maximum atomic E-state index is 12.0. The Morgan fingerprint density at radius 3 is 2.32 bits per heavy atom. The van der Waals surface area contributed by atoms with Crippen LogP contribution in [0, 0.1) is 0 Å². The number of rotatable bonds is 7. The van der Waals surface area contributed by atoms with Crippen molar-refractivity contribution >= 4 is 6.09 Å². The van der Waals surface area contributed by atoms with Crippen LogP contribution >= 0.6 is 0 Å². The fourth-order valence-electron chi connectivity index (χ4n) is 2.38. The van der Waals surface area contributed by atoms with Gasteiger partial charge in [0, 0.05) is 13.1 Å². The monoisotopic (exact) mass is 306 g/mol. The second-order valence-electron chi connectivity index (χ2n) is 7.03. The van der Waals surface area contributed by atoms with Crippen LogP contribution in [0.2, 0.25) is 0 Å². The highest BCUT2D eigenvalue weighted by atomic mass is 16.6. The Bertz CT molecular complexity index is 454. The molecule has 4 nitrogen and oxygen atoms in total. The van der Waals surface area contributed by atoms with Gasteiger partial charge in [-0.3, -0.25) is 0 Å². The van der Waals surface area contributed by atoms with Gasteiger partial charge >= 0.3 is 6.09 Å². The molecular formula is C18H30N2O2. The fraction of sp³-hybridized carbons (Fsp3) is 0.611. The molecule has 0 aromatic heterocycles. The molecule has 0 aliphatic carbocycles. The van der Waals surface area contributed by atoms with Crippen molar-refractivity contribution in [3.8, 4) is 0 Å². The lowest BCUT2D eigenvalue weighted by Gasteiger charge is -2.32. The Kier molecular flexibility index (Phi) is 6.88. The number of benzene rings is 1. The SMILES string of the molecule is CCC[C@](C)(CNCc1ccccc1)NC(=O)OC(C)(C)C. The van der Waals surface area contributed by atoms with Gasteiger partial charge in [-0.15, -0.1) is 0 Å². The van der Waals surface area contributed by atoms with Crippen molar-refractivity contribution in [1.29, 1.82) is 0 Å². The highest BCUT2D eigenvalue weighted by Crippen LogP contribution is 2.14. The fourth-order valence-corrected chi connectivity index (χ4v) is 2.38. The van der Waals surface area contributed by atoms with Gasteiger partial charge < -0.3 is 15.4 Å². The van der Waals surface area contributed by atoms with Crippen molar-refractivity contribution in [1.82, 2.24) is 10.6 Å². The third-order valence-corrected chi connectivity index (χ3v) is 3.29. The molecule has 1 aromatic rings. The molecule has 0 radical (unpaired) electrons. The number of nitrogens with one attached hydrogen (secondary N) is 2. The zero-order valence-electron chi connectivity index (χ0n) is 14.5. The van der Waals surface area contributed by atoms with Gasteiger partial charge in [0.05, 0.1) is 5.54 Å². The molecule has 0 saturated carbocycles. The molecule has 22 heavy (non-hydrogen) atoms. The number of carbonyl (C=O) groups is 1. The summed E-state index contributed by atoms with van der Waals surface area (Å²) in [5.41, 5.74) is 0.444. The van der Waals surface area contributed by atoms with Crippen LogP contribution in [-0.4, -0.2) is 23.8 Å². The third-order valence-electron chi connectivity index (χ3n) is 3.29. The van der Waals surface area contributed by atoms with Crippen molar-refractivity contribution in [3.05, 3.63) is 35.9 Å². The van der Waals surface area contributed by atoms with E-state index >= 15 is 0 Å². The summed E-state index contributed by atoms with van der Waals surface area (Å²) >= 11 is 0. The van der Waals surface area contributed by atoms with E-state index in [-0.39, 0.29) is 11.6 Å². The lowest BCUT2D eigenvalue weighted by molar-refractivity contribution is 0.0457. The van der Waals surface area contributed by atoms with Crippen LogP contribution in [0.1, 0.15) is 53.0 Å². The van der Waals surface area contributed by atoms with Crippen molar-refractivity contribution in [2.75, 3.05) is 6.54 Å². The first-order valence-corrected chi connectivity index (χ1v) is 8.00. The minimum absolute atomic E-state index is 0.314. The molecule has 0 heterocycles. The van der Waals surface area contributed by atoms with Crippen LogP contribution in [-0.2, 0) is 11.3 Å². The van der Waals surface area contributed by atoms with Crippen LogP contribution in [0.25, 0.3) is 0 Å². The molecule has 1 atom stereocenters. The van der Waals surface area contributed by atoms with Crippen LogP contribution in [0.15, 0.2) is 30.3 Å². The van der Waals surface area contributed by atoms with E-state index in [4.69, 9.17) is 4.74 Å². The van der Waals surface area contributed by atoms with E-state index in [1.165, 1.54) is 5.56 Å². The van der Waals surface area contributed by atoms with Gasteiger partial charge in [-0.1, -0.05) is 43.7 Å². The van der Waals surface area contributed by atoms with E-state index in [9.17, 15) is 4.79 Å². The summed E-state index contributed by atoms with van der Waals surface area (Å²) in [6, 6.07) is 10.2. The predicted molar refractivity (Wildman–Crippen MR) is 90.8 cm³/mol. The molecular weight excluding hydrogens is 276 g/mol. The Hall–Kier alpha value is -1.55. The maximum Gasteiger partial charge on any atom is 0.408 e. The van der Waals surface area contributed by atoms with Crippen molar-refractivity contribution in [3.63, 3.8) is 0 Å². The van der Waals surface area contributed by atoms with E-state index < -0.39 is 5.60 Å². The Morgan fingerprint density at radius 2 is 1.77 bits per heavy atom. The average molecular weight is 306 g/mol. The molecule has 0 fully saturated rings. The first kappa shape index (κ1) is 18.5. The van der Waals surface area contributed by atoms with Gasteiger partial charge in [0.25, 0.3) is 0 Å². The molecule has 2 N–H and O–H groups in total. The Balaban J connectivity index is 2.53. The van der Waals surface area contributed by atoms with Gasteiger partial charge in [-0.2, -0.15) is 0 Å². The van der Waals surface area contributed by atoms with Gasteiger partial charge in [-0.25, -0.2) is 4.79 Å². The number of hydrogen-bond acceptors (Lipinski definition) is 3. The molecule has 1 aromatic carbocycles. The quantitative estimate of drug-likeness (QED) is 0.804. The zero-order chi connectivity index (χ0) is 16.6. The number of ether oxygens (including phenoxy) is 1. The second-order valence-corrected chi connectivity index (χ2v) is 7.03. The normalized spacial score (nSPS) is 14.2. The predicted octanol–water partition coefficient (Wildman–Crippen LogP) is 3.86. The van der Waals surface area contributed by atoms with Gasteiger partial charge in [0.2, 0.25) is 0 Å². The van der Waals surface area contributed by atoms with Gasteiger partial charge in [0.15, 0.2) is 0 Å². The van der Waals surface area contributed by atoms with E-state index in [1.54, 1.807) is 0 Å². The molecule has 0 spiro atoms. The maximum absolute atomic E-state index is 12.0. The molecule has 0 aliphatic rings. The highest BCUT2D eigenvalue weighted by molar-refractivity contribution is 5.68. The van der Waals surface area contributed by atoms with E-state index in [2.05, 4.69) is 36.6 Å². The molecule has 0 saturated heterocycles. The molecule has 0 unspecified atom stereocenters. The summed E-state index contributed by atoms with van der Waals surface area (Å²) in [7, 11) is 0. The minimum Gasteiger partial charge on any atom is -0.444 e. The first-order valence-electron chi connectivity index (χ1n) is 8.00. The summed E-state index contributed by atoms with van der Waals surface area (Å²) in [5, 5.41) is 6.44. The number of hydrogen-bond donors (Lipinski definition) is 2. The molecule has 0 aliphatic heterocycles. The Morgan fingerprint density at radius 1 is 1.14 bits per heavy atom. The number of alkyl carbamates (subject to hydrolysis) is 1. The standard InChI is InChI=1S/C18H30N2O2/c1-6-12-18(5,20-16(21)22-17(2,3)4)14-19-13-15-10-8-7-9-11-15/h7-11,19H,6,12-14H2,1-5H3,(H,20,21)/t18-/m1/s1. The Labute approximate surface area is 134 Å². The highest BCUT2D eigenvalue weighted by Gasteiger charge is 2.27. The second kappa shape index (κ2) is 8.18. The molecule has 124 valence electrons. The van der Waals surface area contributed by atoms with E-state index in [0.29, 0.717) is 6.54 Å². The largest absolute Gasteiger partial charge is 0.444 e. The van der Waals surface area contributed by atoms with Gasteiger partial charge in [0.1, 0.15) is 5.60 Å². The van der Waals surface area contributed by atoms with E-state index in [1.807, 2.05) is 39.0 Å². The summed E-state index contributed by atoms with van der Waals surface area (Å²) in [6.45, 7) is 11.3. The smallest absolute Gasteiger partial charge is 0.408 e. The lowest BCUT2D eigenvalue weighted by Crippen LogP contribution is -2.53. The summed E-state index contributed by atoms with van der Waals surface area (Å²) in [5.74, 6) is 0.